The monoisotopic (exact) mass is 509 g/mol. The molecule has 1 saturated carbocycles. The molecule has 1 saturated heterocycles. The number of anilines is 1. The highest BCUT2D eigenvalue weighted by Gasteiger charge is 2.54. The second-order valence-electron chi connectivity index (χ2n) is 10.6. The van der Waals surface area contributed by atoms with Gasteiger partial charge in [-0.2, -0.15) is 5.10 Å². The summed E-state index contributed by atoms with van der Waals surface area (Å²) < 4.78 is 7.94. The van der Waals surface area contributed by atoms with Crippen molar-refractivity contribution in [2.45, 2.75) is 18.9 Å². The van der Waals surface area contributed by atoms with E-state index in [4.69, 9.17) is 15.6 Å². The van der Waals surface area contributed by atoms with Gasteiger partial charge in [-0.05, 0) is 63.3 Å². The molecule has 2 fully saturated rings. The molecule has 2 aromatic heterocycles. The van der Waals surface area contributed by atoms with Crippen LogP contribution in [0.2, 0.25) is 0 Å². The van der Waals surface area contributed by atoms with Crippen LogP contribution in [-0.2, 0) is 4.79 Å². The van der Waals surface area contributed by atoms with E-state index in [2.05, 4.69) is 9.97 Å². The first-order chi connectivity index (χ1) is 18.4. The minimum absolute atomic E-state index is 0.0907. The number of para-hydroxylation sites is 1. The van der Waals surface area contributed by atoms with Crippen LogP contribution in [0.4, 0.5) is 5.82 Å². The van der Waals surface area contributed by atoms with Crippen LogP contribution in [0, 0.1) is 5.41 Å². The van der Waals surface area contributed by atoms with E-state index in [0.29, 0.717) is 5.82 Å². The van der Waals surface area contributed by atoms with Crippen molar-refractivity contribution in [3.63, 3.8) is 0 Å². The van der Waals surface area contributed by atoms with Gasteiger partial charge < -0.3 is 20.3 Å². The van der Waals surface area contributed by atoms with Crippen LogP contribution in [0.3, 0.4) is 0 Å². The summed E-state index contributed by atoms with van der Waals surface area (Å²) in [5.41, 5.74) is 8.92. The van der Waals surface area contributed by atoms with Crippen LogP contribution in [0.25, 0.3) is 22.3 Å². The summed E-state index contributed by atoms with van der Waals surface area (Å²) in [7, 11) is 3.97. The Kier molecular flexibility index (Phi) is 6.07. The van der Waals surface area contributed by atoms with Gasteiger partial charge in [0.25, 0.3) is 0 Å². The summed E-state index contributed by atoms with van der Waals surface area (Å²) in [5.74, 6) is 2.04. The molecule has 0 bridgehead atoms. The zero-order chi connectivity index (χ0) is 26.3. The molecule has 194 valence electrons. The number of likely N-dealkylation sites (tertiary alicyclic amines) is 1. The van der Waals surface area contributed by atoms with Gasteiger partial charge in [0.1, 0.15) is 29.3 Å². The number of fused-ring (bicyclic) bond motifs is 1. The highest BCUT2D eigenvalue weighted by Crippen LogP contribution is 2.54. The van der Waals surface area contributed by atoms with Crippen molar-refractivity contribution in [3.8, 4) is 22.8 Å². The van der Waals surface area contributed by atoms with E-state index in [1.54, 1.807) is 6.08 Å². The molecule has 2 N–H and O–H groups in total. The molecule has 1 spiro atoms. The number of benzene rings is 2. The summed E-state index contributed by atoms with van der Waals surface area (Å²) in [6.45, 7) is 2.34. The Morgan fingerprint density at radius 2 is 1.79 bits per heavy atom. The van der Waals surface area contributed by atoms with E-state index < -0.39 is 0 Å². The number of hydrogen-bond donors (Lipinski definition) is 1. The lowest BCUT2D eigenvalue weighted by atomic mass is 9.60. The van der Waals surface area contributed by atoms with Crippen LogP contribution in [-0.4, -0.2) is 69.2 Å². The zero-order valence-electron chi connectivity index (χ0n) is 21.6. The summed E-state index contributed by atoms with van der Waals surface area (Å²) in [6, 6.07) is 17.7. The van der Waals surface area contributed by atoms with Gasteiger partial charge in [-0.3, -0.25) is 4.79 Å². The maximum Gasteiger partial charge on any atom is 0.246 e. The predicted molar refractivity (Wildman–Crippen MR) is 147 cm³/mol. The highest BCUT2D eigenvalue weighted by atomic mass is 16.5. The fourth-order valence-electron chi connectivity index (χ4n) is 5.52. The van der Waals surface area contributed by atoms with Crippen molar-refractivity contribution >= 4 is 22.8 Å². The minimum Gasteiger partial charge on any atom is -0.457 e. The summed E-state index contributed by atoms with van der Waals surface area (Å²) in [5, 5.41) is 5.75. The first kappa shape index (κ1) is 24.1. The molecular weight excluding hydrogens is 478 g/mol. The molecule has 2 aliphatic rings. The second kappa shape index (κ2) is 9.57. The van der Waals surface area contributed by atoms with Crippen LogP contribution >= 0.6 is 0 Å². The van der Waals surface area contributed by atoms with Crippen molar-refractivity contribution in [2.24, 2.45) is 5.41 Å². The molecule has 1 aliphatic carbocycles. The van der Waals surface area contributed by atoms with E-state index in [0.717, 1.165) is 66.3 Å². The Balaban J connectivity index is 1.18. The molecule has 2 aromatic carbocycles. The van der Waals surface area contributed by atoms with E-state index in [-0.39, 0.29) is 17.4 Å². The normalized spacial score (nSPS) is 16.8. The van der Waals surface area contributed by atoms with Gasteiger partial charge >= 0.3 is 0 Å². The molecule has 0 atom stereocenters. The van der Waals surface area contributed by atoms with Gasteiger partial charge in [0.2, 0.25) is 5.91 Å². The first-order valence-corrected chi connectivity index (χ1v) is 12.8. The Morgan fingerprint density at radius 1 is 1.08 bits per heavy atom. The topological polar surface area (TPSA) is 102 Å². The Hall–Kier alpha value is -4.24. The standard InChI is InChI=1S/C29H31N7O2/c1-34(2)14-6-9-24(37)35-17-29(18-35)15-21(16-29)36-28-25(27(30)31-19-32-28)26(33-36)20-10-12-23(13-11-20)38-22-7-4-3-5-8-22/h3-13,19,21H,14-18H2,1-2H3,(H2,30,31,32). The van der Waals surface area contributed by atoms with E-state index >= 15 is 0 Å². The molecule has 3 heterocycles. The van der Waals surface area contributed by atoms with Crippen LogP contribution < -0.4 is 10.5 Å². The van der Waals surface area contributed by atoms with E-state index in [1.807, 2.05) is 89.3 Å². The number of nitrogen functional groups attached to an aromatic ring is 1. The number of ether oxygens (including phenoxy) is 1. The number of hydrogen-bond acceptors (Lipinski definition) is 7. The van der Waals surface area contributed by atoms with Crippen molar-refractivity contribution in [1.29, 1.82) is 0 Å². The van der Waals surface area contributed by atoms with Gasteiger partial charge in [-0.1, -0.05) is 24.3 Å². The average molecular weight is 510 g/mol. The lowest BCUT2D eigenvalue weighted by Crippen LogP contribution is -2.63. The molecule has 4 aromatic rings. The molecule has 0 unspecified atom stereocenters. The van der Waals surface area contributed by atoms with E-state index in [9.17, 15) is 4.79 Å². The maximum atomic E-state index is 12.4. The van der Waals surface area contributed by atoms with Crippen molar-refractivity contribution < 1.29 is 9.53 Å². The Labute approximate surface area is 221 Å². The largest absolute Gasteiger partial charge is 0.457 e. The number of amides is 1. The Morgan fingerprint density at radius 3 is 2.50 bits per heavy atom. The third-order valence-electron chi connectivity index (χ3n) is 7.40. The van der Waals surface area contributed by atoms with E-state index in [1.165, 1.54) is 6.33 Å². The predicted octanol–water partition coefficient (Wildman–Crippen LogP) is 4.15. The lowest BCUT2D eigenvalue weighted by molar-refractivity contribution is -0.148. The van der Waals surface area contributed by atoms with Gasteiger partial charge in [0, 0.05) is 36.7 Å². The van der Waals surface area contributed by atoms with Gasteiger partial charge in [-0.15, -0.1) is 0 Å². The fourth-order valence-corrected chi connectivity index (χ4v) is 5.52. The molecule has 0 radical (unpaired) electrons. The first-order valence-electron chi connectivity index (χ1n) is 12.8. The third kappa shape index (κ3) is 4.50. The maximum absolute atomic E-state index is 12.4. The van der Waals surface area contributed by atoms with Crippen LogP contribution in [0.5, 0.6) is 11.5 Å². The summed E-state index contributed by atoms with van der Waals surface area (Å²) in [4.78, 5) is 25.2. The number of nitrogens with two attached hydrogens (primary N) is 1. The number of carbonyl (C=O) groups is 1. The van der Waals surface area contributed by atoms with Crippen molar-refractivity contribution in [2.75, 3.05) is 39.5 Å². The highest BCUT2D eigenvalue weighted by molar-refractivity contribution is 5.98. The quantitative estimate of drug-likeness (QED) is 0.374. The van der Waals surface area contributed by atoms with Crippen LogP contribution in [0.1, 0.15) is 18.9 Å². The smallest absolute Gasteiger partial charge is 0.246 e. The van der Waals surface area contributed by atoms with Crippen LogP contribution in [0.15, 0.2) is 73.1 Å². The average Bonchev–Trinajstić information content (AvgIpc) is 3.24. The molecular formula is C29H31N7O2. The Bertz CT molecular complexity index is 1480. The van der Waals surface area contributed by atoms with Gasteiger partial charge in [-0.25, -0.2) is 14.6 Å². The third-order valence-corrected chi connectivity index (χ3v) is 7.40. The minimum atomic E-state index is 0.0907. The number of rotatable bonds is 7. The summed E-state index contributed by atoms with van der Waals surface area (Å²) >= 11 is 0. The molecule has 1 aliphatic heterocycles. The van der Waals surface area contributed by atoms with Crippen molar-refractivity contribution in [3.05, 3.63) is 73.1 Å². The zero-order valence-corrected chi connectivity index (χ0v) is 21.6. The number of carbonyl (C=O) groups excluding carboxylic acids is 1. The van der Waals surface area contributed by atoms with Crippen molar-refractivity contribution in [1.82, 2.24) is 29.5 Å². The number of likely N-dealkylation sites (N-methyl/N-ethyl adjacent to an activating group) is 1. The second-order valence-corrected chi connectivity index (χ2v) is 10.6. The SMILES string of the molecule is CN(C)CC=CC(=O)N1CC2(CC(n3nc(-c4ccc(Oc5ccccc5)cc4)c4c(N)ncnc43)C2)C1. The van der Waals surface area contributed by atoms with Gasteiger partial charge in [0.15, 0.2) is 5.65 Å². The molecule has 1 amide bonds. The summed E-state index contributed by atoms with van der Waals surface area (Å²) in [6.07, 6.45) is 7.02. The van der Waals surface area contributed by atoms with Gasteiger partial charge in [0.05, 0.1) is 11.4 Å². The number of nitrogens with zero attached hydrogens (tertiary/aromatic N) is 6. The number of aromatic nitrogens is 4. The lowest BCUT2D eigenvalue weighted by Gasteiger charge is -2.58. The molecule has 9 nitrogen and oxygen atoms in total. The molecule has 9 heteroatoms. The fraction of sp³-hybridized carbons (Fsp3) is 0.310. The molecule has 6 rings (SSSR count). The molecule has 38 heavy (non-hydrogen) atoms.